The zero-order chi connectivity index (χ0) is 21.4. The van der Waals surface area contributed by atoms with Crippen LogP contribution in [0.1, 0.15) is 33.1 Å². The molecular formula is C22H26N2O6. The van der Waals surface area contributed by atoms with E-state index in [1.54, 1.807) is 24.3 Å². The van der Waals surface area contributed by atoms with Gasteiger partial charge in [0.05, 0.1) is 24.1 Å². The number of likely N-dealkylation sites (tertiary alicyclic amines) is 1. The van der Waals surface area contributed by atoms with E-state index in [9.17, 15) is 19.2 Å². The number of imide groups is 1. The van der Waals surface area contributed by atoms with Gasteiger partial charge in [0.2, 0.25) is 11.8 Å². The molecule has 0 unspecified atom stereocenters. The van der Waals surface area contributed by atoms with E-state index < -0.39 is 24.5 Å². The van der Waals surface area contributed by atoms with E-state index >= 15 is 0 Å². The number of ether oxygens (including phenoxy) is 2. The van der Waals surface area contributed by atoms with Crippen LogP contribution in [0, 0.1) is 23.7 Å². The predicted octanol–water partition coefficient (Wildman–Crippen LogP) is 1.99. The normalized spacial score (nSPS) is 27.7. The molecule has 8 heteroatoms. The van der Waals surface area contributed by atoms with Crippen molar-refractivity contribution >= 4 is 29.4 Å². The Bertz CT molecular complexity index is 856. The Kier molecular flexibility index (Phi) is 5.49. The number of esters is 1. The molecule has 1 heterocycles. The maximum Gasteiger partial charge on any atom is 0.329 e. The molecule has 1 saturated heterocycles. The molecule has 3 fully saturated rings. The average molecular weight is 414 g/mol. The number of rotatable bonds is 7. The number of anilines is 1. The van der Waals surface area contributed by atoms with Crippen LogP contribution < -0.4 is 10.1 Å². The second kappa shape index (κ2) is 8.08. The zero-order valence-corrected chi connectivity index (χ0v) is 17.1. The van der Waals surface area contributed by atoms with Crippen molar-refractivity contribution in [3.05, 3.63) is 24.3 Å². The van der Waals surface area contributed by atoms with Gasteiger partial charge in [-0.2, -0.15) is 0 Å². The quantitative estimate of drug-likeness (QED) is 0.541. The highest BCUT2D eigenvalue weighted by atomic mass is 16.5. The van der Waals surface area contributed by atoms with Crippen molar-refractivity contribution in [2.75, 3.05) is 18.5 Å². The molecule has 1 aromatic carbocycles. The molecule has 0 radical (unpaired) electrons. The van der Waals surface area contributed by atoms with Crippen molar-refractivity contribution in [2.24, 2.45) is 23.7 Å². The second-order valence-corrected chi connectivity index (χ2v) is 8.19. The van der Waals surface area contributed by atoms with Crippen LogP contribution in [0.15, 0.2) is 24.3 Å². The largest absolute Gasteiger partial charge is 0.492 e. The molecule has 30 heavy (non-hydrogen) atoms. The molecule has 3 aliphatic rings. The van der Waals surface area contributed by atoms with E-state index in [2.05, 4.69) is 5.32 Å². The van der Waals surface area contributed by atoms with Crippen LogP contribution in [0.3, 0.4) is 0 Å². The van der Waals surface area contributed by atoms with E-state index in [1.807, 2.05) is 6.92 Å². The zero-order valence-electron chi connectivity index (χ0n) is 17.1. The highest BCUT2D eigenvalue weighted by molar-refractivity contribution is 6.08. The fourth-order valence-electron chi connectivity index (χ4n) is 5.21. The molecule has 1 N–H and O–H groups in total. The van der Waals surface area contributed by atoms with Gasteiger partial charge in [-0.25, -0.2) is 4.79 Å². The van der Waals surface area contributed by atoms with Crippen LogP contribution in [0.25, 0.3) is 0 Å². The van der Waals surface area contributed by atoms with Crippen molar-refractivity contribution in [2.45, 2.75) is 39.2 Å². The fraction of sp³-hybridized carbons (Fsp3) is 0.545. The Balaban J connectivity index is 1.34. The van der Waals surface area contributed by atoms with Crippen LogP contribution in [0.4, 0.5) is 5.69 Å². The molecule has 4 rings (SSSR count). The maximum atomic E-state index is 12.8. The van der Waals surface area contributed by atoms with Gasteiger partial charge in [0.1, 0.15) is 11.8 Å². The number of para-hydroxylation sites is 2. The first kappa shape index (κ1) is 20.4. The number of amides is 3. The molecule has 2 aliphatic carbocycles. The lowest BCUT2D eigenvalue weighted by Gasteiger charge is -2.23. The molecule has 1 aromatic rings. The van der Waals surface area contributed by atoms with Crippen molar-refractivity contribution in [3.63, 3.8) is 0 Å². The lowest BCUT2D eigenvalue weighted by atomic mass is 9.81. The van der Waals surface area contributed by atoms with Crippen molar-refractivity contribution in [3.8, 4) is 5.75 Å². The summed E-state index contributed by atoms with van der Waals surface area (Å²) in [4.78, 5) is 51.4. The Morgan fingerprint density at radius 1 is 1.13 bits per heavy atom. The van der Waals surface area contributed by atoms with Crippen LogP contribution in [-0.2, 0) is 23.9 Å². The first-order chi connectivity index (χ1) is 14.4. The minimum Gasteiger partial charge on any atom is -0.492 e. The lowest BCUT2D eigenvalue weighted by molar-refractivity contribution is -0.159. The summed E-state index contributed by atoms with van der Waals surface area (Å²) in [5, 5.41) is 2.64. The van der Waals surface area contributed by atoms with Gasteiger partial charge < -0.3 is 14.8 Å². The van der Waals surface area contributed by atoms with E-state index in [0.29, 0.717) is 18.0 Å². The lowest BCUT2D eigenvalue weighted by Crippen LogP contribution is -2.45. The SMILES string of the molecule is CCOc1ccccc1NC(=O)COC(=O)[C@H](C)N1C(=O)[C@H]2[C@H]3CC[C@@H](C3)[C@@H]2C1=O. The predicted molar refractivity (Wildman–Crippen MR) is 106 cm³/mol. The van der Waals surface area contributed by atoms with Gasteiger partial charge in [0.15, 0.2) is 6.61 Å². The van der Waals surface area contributed by atoms with Gasteiger partial charge in [-0.1, -0.05) is 12.1 Å². The van der Waals surface area contributed by atoms with Crippen molar-refractivity contribution in [1.29, 1.82) is 0 Å². The van der Waals surface area contributed by atoms with Gasteiger partial charge in [0, 0.05) is 0 Å². The van der Waals surface area contributed by atoms with E-state index in [1.165, 1.54) is 6.92 Å². The van der Waals surface area contributed by atoms with Crippen molar-refractivity contribution in [1.82, 2.24) is 4.90 Å². The smallest absolute Gasteiger partial charge is 0.329 e. The summed E-state index contributed by atoms with van der Waals surface area (Å²) in [7, 11) is 0. The highest BCUT2D eigenvalue weighted by Crippen LogP contribution is 2.56. The van der Waals surface area contributed by atoms with Gasteiger partial charge in [0.25, 0.3) is 5.91 Å². The molecule has 2 saturated carbocycles. The Morgan fingerprint density at radius 2 is 1.77 bits per heavy atom. The van der Waals surface area contributed by atoms with Crippen LogP contribution in [0.2, 0.25) is 0 Å². The molecule has 3 amide bonds. The molecular weight excluding hydrogens is 388 g/mol. The standard InChI is InChI=1S/C22H26N2O6/c1-3-29-16-7-5-4-6-15(16)23-17(25)11-30-22(28)12(2)24-20(26)18-13-8-9-14(10-13)19(18)21(24)27/h4-7,12-14,18-19H,3,8-11H2,1-2H3,(H,23,25)/t12-,13-,14-,18-,19-/m0/s1. The molecule has 160 valence electrons. The fourth-order valence-corrected chi connectivity index (χ4v) is 5.21. The summed E-state index contributed by atoms with van der Waals surface area (Å²) in [6.45, 7) is 3.24. The second-order valence-electron chi connectivity index (χ2n) is 8.19. The minimum atomic E-state index is -1.04. The van der Waals surface area contributed by atoms with Crippen molar-refractivity contribution < 1.29 is 28.7 Å². The number of carbonyl (C=O) groups is 4. The summed E-state index contributed by atoms with van der Waals surface area (Å²) in [5.41, 5.74) is 0.474. The van der Waals surface area contributed by atoms with Crippen LogP contribution in [0.5, 0.6) is 5.75 Å². The summed E-state index contributed by atoms with van der Waals surface area (Å²) >= 11 is 0. The van der Waals surface area contributed by atoms with E-state index in [-0.39, 0.29) is 35.5 Å². The number of hydrogen-bond acceptors (Lipinski definition) is 6. The van der Waals surface area contributed by atoms with Crippen LogP contribution in [-0.4, -0.2) is 47.8 Å². The van der Waals surface area contributed by atoms with Gasteiger partial charge in [-0.3, -0.25) is 19.3 Å². The third-order valence-corrected chi connectivity index (χ3v) is 6.50. The highest BCUT2D eigenvalue weighted by Gasteiger charge is 2.62. The summed E-state index contributed by atoms with van der Waals surface area (Å²) in [6, 6.07) is 5.90. The van der Waals surface area contributed by atoms with Crippen LogP contribution >= 0.6 is 0 Å². The first-order valence-electron chi connectivity index (χ1n) is 10.5. The average Bonchev–Trinajstić information content (AvgIpc) is 3.41. The first-order valence-corrected chi connectivity index (χ1v) is 10.5. The summed E-state index contributed by atoms with van der Waals surface area (Å²) in [5.74, 6) is -1.39. The topological polar surface area (TPSA) is 102 Å². The summed E-state index contributed by atoms with van der Waals surface area (Å²) in [6.07, 6.45) is 2.88. The van der Waals surface area contributed by atoms with Gasteiger partial charge in [-0.05, 0) is 57.1 Å². The number of carbonyl (C=O) groups excluding carboxylic acids is 4. The molecule has 0 aromatic heterocycles. The molecule has 1 aliphatic heterocycles. The van der Waals surface area contributed by atoms with Gasteiger partial charge in [-0.15, -0.1) is 0 Å². The maximum absolute atomic E-state index is 12.8. The minimum absolute atomic E-state index is 0.251. The third-order valence-electron chi connectivity index (χ3n) is 6.50. The Labute approximate surface area is 174 Å². The number of benzene rings is 1. The van der Waals surface area contributed by atoms with Gasteiger partial charge >= 0.3 is 5.97 Å². The number of nitrogens with one attached hydrogen (secondary N) is 1. The van der Waals surface area contributed by atoms with E-state index in [0.717, 1.165) is 24.2 Å². The monoisotopic (exact) mass is 414 g/mol. The van der Waals surface area contributed by atoms with E-state index in [4.69, 9.17) is 9.47 Å². The number of nitrogens with zero attached hydrogens (tertiary/aromatic N) is 1. The molecule has 5 atom stereocenters. The molecule has 2 bridgehead atoms. The number of hydrogen-bond donors (Lipinski definition) is 1. The summed E-state index contributed by atoms with van der Waals surface area (Å²) < 4.78 is 10.5. The Morgan fingerprint density at radius 3 is 2.40 bits per heavy atom. The molecule has 0 spiro atoms. The molecule has 8 nitrogen and oxygen atoms in total. The third kappa shape index (κ3) is 3.44. The number of fused-ring (bicyclic) bond motifs is 5. The Hall–Kier alpha value is -2.90.